The van der Waals surface area contributed by atoms with E-state index in [-0.39, 0.29) is 5.91 Å². The average molecular weight is 341 g/mol. The van der Waals surface area contributed by atoms with Gasteiger partial charge in [-0.3, -0.25) is 9.69 Å². The van der Waals surface area contributed by atoms with E-state index >= 15 is 0 Å². The van der Waals surface area contributed by atoms with Crippen molar-refractivity contribution in [1.82, 2.24) is 14.4 Å². The first-order valence-electron chi connectivity index (χ1n) is 8.89. The van der Waals surface area contributed by atoms with Crippen molar-refractivity contribution in [2.75, 3.05) is 33.3 Å². The molecule has 0 radical (unpaired) electrons. The van der Waals surface area contributed by atoms with Crippen LogP contribution in [0.25, 0.3) is 0 Å². The fraction of sp³-hybridized carbons (Fsp3) is 0.450. The zero-order valence-electron chi connectivity index (χ0n) is 15.1. The van der Waals surface area contributed by atoms with E-state index in [0.29, 0.717) is 6.42 Å². The standard InChI is InChI=1S/C20H27N3O2/c1-21-11-3-4-18(21)16-22-12-14-23(15-13-22)20(24)10-7-17-5-8-19(25-2)9-6-17/h3-6,8-9,11H,7,10,12-16H2,1-2H3. The molecule has 0 spiro atoms. The van der Waals surface area contributed by atoms with Gasteiger partial charge in [-0.1, -0.05) is 12.1 Å². The molecule has 1 amide bonds. The molecule has 5 heteroatoms. The largest absolute Gasteiger partial charge is 0.497 e. The Balaban J connectivity index is 1.42. The quantitative estimate of drug-likeness (QED) is 0.809. The topological polar surface area (TPSA) is 37.7 Å². The molecule has 1 aromatic heterocycles. The number of piperazine rings is 1. The number of hydrogen-bond donors (Lipinski definition) is 0. The maximum Gasteiger partial charge on any atom is 0.222 e. The molecule has 25 heavy (non-hydrogen) atoms. The van der Waals surface area contributed by atoms with Gasteiger partial charge in [-0.2, -0.15) is 0 Å². The summed E-state index contributed by atoms with van der Waals surface area (Å²) in [6.07, 6.45) is 3.44. The smallest absolute Gasteiger partial charge is 0.222 e. The molecule has 3 rings (SSSR count). The number of aryl methyl sites for hydroxylation is 2. The molecule has 1 aromatic carbocycles. The van der Waals surface area contributed by atoms with E-state index < -0.39 is 0 Å². The van der Waals surface area contributed by atoms with Crippen molar-refractivity contribution in [2.24, 2.45) is 7.05 Å². The molecule has 2 heterocycles. The number of ether oxygens (including phenoxy) is 1. The van der Waals surface area contributed by atoms with Crippen molar-refractivity contribution >= 4 is 5.91 Å². The number of carbonyl (C=O) groups excluding carboxylic acids is 1. The number of hydrogen-bond acceptors (Lipinski definition) is 3. The molecule has 2 aromatic rings. The van der Waals surface area contributed by atoms with Crippen LogP contribution in [-0.4, -0.2) is 53.6 Å². The first kappa shape index (κ1) is 17.5. The second kappa shape index (κ2) is 8.21. The Bertz CT molecular complexity index is 685. The van der Waals surface area contributed by atoms with Gasteiger partial charge in [-0.25, -0.2) is 0 Å². The van der Waals surface area contributed by atoms with E-state index in [9.17, 15) is 4.79 Å². The van der Waals surface area contributed by atoms with Crippen LogP contribution >= 0.6 is 0 Å². The number of benzene rings is 1. The summed E-state index contributed by atoms with van der Waals surface area (Å²) in [5, 5.41) is 0. The predicted molar refractivity (Wildman–Crippen MR) is 98.6 cm³/mol. The summed E-state index contributed by atoms with van der Waals surface area (Å²) in [7, 11) is 3.74. The van der Waals surface area contributed by atoms with Gasteiger partial charge in [-0.05, 0) is 36.2 Å². The second-order valence-electron chi connectivity index (χ2n) is 6.62. The molecule has 0 aliphatic carbocycles. The Morgan fingerprint density at radius 1 is 1.08 bits per heavy atom. The van der Waals surface area contributed by atoms with E-state index in [1.165, 1.54) is 11.3 Å². The summed E-state index contributed by atoms with van der Waals surface area (Å²) in [6, 6.07) is 12.2. The van der Waals surface area contributed by atoms with Gasteiger partial charge in [0.15, 0.2) is 0 Å². The minimum absolute atomic E-state index is 0.259. The van der Waals surface area contributed by atoms with Gasteiger partial charge >= 0.3 is 0 Å². The zero-order chi connectivity index (χ0) is 17.6. The maximum absolute atomic E-state index is 12.5. The third-order valence-corrected chi connectivity index (χ3v) is 4.95. The molecule has 1 fully saturated rings. The van der Waals surface area contributed by atoms with Crippen molar-refractivity contribution in [3.05, 3.63) is 53.9 Å². The lowest BCUT2D eigenvalue weighted by molar-refractivity contribution is -0.133. The van der Waals surface area contributed by atoms with E-state index in [1.807, 2.05) is 29.2 Å². The fourth-order valence-electron chi connectivity index (χ4n) is 3.25. The highest BCUT2D eigenvalue weighted by molar-refractivity contribution is 5.76. The predicted octanol–water partition coefficient (Wildman–Crippen LogP) is 2.31. The molecule has 1 saturated heterocycles. The Hall–Kier alpha value is -2.27. The summed E-state index contributed by atoms with van der Waals surface area (Å²) in [4.78, 5) is 16.9. The molecule has 0 N–H and O–H groups in total. The van der Waals surface area contributed by atoms with E-state index in [4.69, 9.17) is 4.74 Å². The summed E-state index contributed by atoms with van der Waals surface area (Å²) in [5.74, 6) is 1.11. The Morgan fingerprint density at radius 3 is 2.40 bits per heavy atom. The van der Waals surface area contributed by atoms with Gasteiger partial charge in [0, 0.05) is 58.1 Å². The van der Waals surface area contributed by atoms with Gasteiger partial charge in [0.25, 0.3) is 0 Å². The number of methoxy groups -OCH3 is 1. The minimum Gasteiger partial charge on any atom is -0.497 e. The van der Waals surface area contributed by atoms with Gasteiger partial charge in [0.2, 0.25) is 5.91 Å². The summed E-state index contributed by atoms with van der Waals surface area (Å²) >= 11 is 0. The van der Waals surface area contributed by atoms with Crippen LogP contribution in [0.5, 0.6) is 5.75 Å². The Kier molecular flexibility index (Phi) is 5.76. The third kappa shape index (κ3) is 4.63. The number of carbonyl (C=O) groups is 1. The van der Waals surface area contributed by atoms with Crippen LogP contribution in [0, 0.1) is 0 Å². The lowest BCUT2D eigenvalue weighted by Gasteiger charge is -2.34. The lowest BCUT2D eigenvalue weighted by atomic mass is 10.1. The molecule has 1 aliphatic rings. The Morgan fingerprint density at radius 2 is 1.80 bits per heavy atom. The normalized spacial score (nSPS) is 15.4. The molecular formula is C20H27N3O2. The van der Waals surface area contributed by atoms with Gasteiger partial charge in [0.1, 0.15) is 5.75 Å². The van der Waals surface area contributed by atoms with Gasteiger partial charge in [0.05, 0.1) is 7.11 Å². The third-order valence-electron chi connectivity index (χ3n) is 4.95. The molecule has 1 aliphatic heterocycles. The first-order chi connectivity index (χ1) is 12.2. The highest BCUT2D eigenvalue weighted by Crippen LogP contribution is 2.14. The number of rotatable bonds is 6. The van der Waals surface area contributed by atoms with E-state index in [1.54, 1.807) is 7.11 Å². The summed E-state index contributed by atoms with van der Waals surface area (Å²) < 4.78 is 7.32. The van der Waals surface area contributed by atoms with Crippen molar-refractivity contribution in [1.29, 1.82) is 0 Å². The molecule has 0 unspecified atom stereocenters. The monoisotopic (exact) mass is 341 g/mol. The number of aromatic nitrogens is 1. The zero-order valence-corrected chi connectivity index (χ0v) is 15.1. The number of nitrogens with zero attached hydrogens (tertiary/aromatic N) is 3. The highest BCUT2D eigenvalue weighted by Gasteiger charge is 2.21. The SMILES string of the molecule is COc1ccc(CCC(=O)N2CCN(Cc3cccn3C)CC2)cc1. The Labute approximate surface area is 149 Å². The van der Waals surface area contributed by atoms with Crippen LogP contribution < -0.4 is 4.74 Å². The first-order valence-corrected chi connectivity index (χ1v) is 8.89. The van der Waals surface area contributed by atoms with Crippen molar-refractivity contribution < 1.29 is 9.53 Å². The number of amides is 1. The molecule has 0 bridgehead atoms. The molecule has 134 valence electrons. The van der Waals surface area contributed by atoms with Crippen LogP contribution in [0.4, 0.5) is 0 Å². The van der Waals surface area contributed by atoms with Gasteiger partial charge < -0.3 is 14.2 Å². The fourth-order valence-corrected chi connectivity index (χ4v) is 3.25. The van der Waals surface area contributed by atoms with Crippen LogP contribution in [0.3, 0.4) is 0 Å². The highest BCUT2D eigenvalue weighted by atomic mass is 16.5. The summed E-state index contributed by atoms with van der Waals surface area (Å²) in [5.41, 5.74) is 2.50. The van der Waals surface area contributed by atoms with Gasteiger partial charge in [-0.15, -0.1) is 0 Å². The van der Waals surface area contributed by atoms with Crippen LogP contribution in [0.2, 0.25) is 0 Å². The lowest BCUT2D eigenvalue weighted by Crippen LogP contribution is -2.48. The van der Waals surface area contributed by atoms with Crippen molar-refractivity contribution in [3.8, 4) is 5.75 Å². The van der Waals surface area contributed by atoms with Crippen molar-refractivity contribution in [2.45, 2.75) is 19.4 Å². The van der Waals surface area contributed by atoms with E-state index in [2.05, 4.69) is 34.8 Å². The molecule has 0 saturated carbocycles. The molecule has 0 atom stereocenters. The maximum atomic E-state index is 12.5. The molecule has 5 nitrogen and oxygen atoms in total. The average Bonchev–Trinajstić information content (AvgIpc) is 3.05. The van der Waals surface area contributed by atoms with Crippen LogP contribution in [0.1, 0.15) is 17.7 Å². The summed E-state index contributed by atoms with van der Waals surface area (Å²) in [6.45, 7) is 4.49. The van der Waals surface area contributed by atoms with Crippen molar-refractivity contribution in [3.63, 3.8) is 0 Å². The van der Waals surface area contributed by atoms with Crippen LogP contribution in [-0.2, 0) is 24.8 Å². The second-order valence-corrected chi connectivity index (χ2v) is 6.62. The molecular weight excluding hydrogens is 314 g/mol. The van der Waals surface area contributed by atoms with Crippen LogP contribution in [0.15, 0.2) is 42.6 Å². The minimum atomic E-state index is 0.259. The van der Waals surface area contributed by atoms with E-state index in [0.717, 1.165) is 44.9 Å².